The van der Waals surface area contributed by atoms with Crippen LogP contribution in [0, 0.1) is 0 Å². The van der Waals surface area contributed by atoms with Gasteiger partial charge in [0.1, 0.15) is 6.17 Å². The summed E-state index contributed by atoms with van der Waals surface area (Å²) in [6, 6.07) is 20.8. The van der Waals surface area contributed by atoms with Crippen molar-refractivity contribution in [3.8, 4) is 0 Å². The molecule has 2 nitrogen and oxygen atoms in total. The van der Waals surface area contributed by atoms with Gasteiger partial charge in [0.25, 0.3) is 0 Å². The van der Waals surface area contributed by atoms with Crippen molar-refractivity contribution in [1.29, 1.82) is 0 Å². The Kier molecular flexibility index (Phi) is 3.07. The fourth-order valence-corrected chi connectivity index (χ4v) is 2.71. The molecule has 18 heavy (non-hydrogen) atoms. The van der Waals surface area contributed by atoms with Gasteiger partial charge in [-0.15, -0.1) is 0 Å². The number of anilines is 1. The second-order valence-corrected chi connectivity index (χ2v) is 4.99. The summed E-state index contributed by atoms with van der Waals surface area (Å²) in [5, 5.41) is 0. The van der Waals surface area contributed by atoms with Gasteiger partial charge in [-0.3, -0.25) is 3.93 Å². The lowest BCUT2D eigenvalue weighted by atomic mass is 10.1. The Balaban J connectivity index is 1.98. The highest BCUT2D eigenvalue weighted by Crippen LogP contribution is 2.36. The third kappa shape index (κ3) is 2.02. The van der Waals surface area contributed by atoms with E-state index in [1.54, 1.807) is 0 Å². The van der Waals surface area contributed by atoms with E-state index in [0.29, 0.717) is 0 Å². The summed E-state index contributed by atoms with van der Waals surface area (Å²) in [5.74, 6) is 0. The van der Waals surface area contributed by atoms with E-state index in [-0.39, 0.29) is 6.17 Å². The molecule has 1 unspecified atom stereocenters. The highest BCUT2D eigenvalue weighted by atomic mass is 79.9. The maximum absolute atomic E-state index is 3.58. The third-order valence-corrected chi connectivity index (χ3v) is 3.64. The molecule has 0 radical (unpaired) electrons. The lowest BCUT2D eigenvalue weighted by Crippen LogP contribution is -2.25. The first-order chi connectivity index (χ1) is 8.86. The molecule has 3 heteroatoms. The van der Waals surface area contributed by atoms with Crippen molar-refractivity contribution in [3.05, 3.63) is 78.6 Å². The molecule has 0 saturated heterocycles. The molecule has 1 heterocycles. The first-order valence-electron chi connectivity index (χ1n) is 5.87. The molecule has 0 N–H and O–H groups in total. The molecule has 0 saturated carbocycles. The van der Waals surface area contributed by atoms with Crippen LogP contribution in [0.4, 0.5) is 5.69 Å². The van der Waals surface area contributed by atoms with Gasteiger partial charge in [0.15, 0.2) is 0 Å². The fraction of sp³-hybridized carbons (Fsp3) is 0.0667. The average molecular weight is 301 g/mol. The molecule has 2 aromatic carbocycles. The molecule has 0 amide bonds. The average Bonchev–Trinajstić information content (AvgIpc) is 2.83. The van der Waals surface area contributed by atoms with Crippen molar-refractivity contribution in [1.82, 2.24) is 3.93 Å². The number of rotatable bonds is 2. The predicted molar refractivity (Wildman–Crippen MR) is 78.0 cm³/mol. The van der Waals surface area contributed by atoms with Gasteiger partial charge in [-0.2, -0.15) is 0 Å². The number of hydrogen-bond donors (Lipinski definition) is 0. The van der Waals surface area contributed by atoms with E-state index in [4.69, 9.17) is 0 Å². The molecule has 3 rings (SSSR count). The van der Waals surface area contributed by atoms with Crippen molar-refractivity contribution in [2.24, 2.45) is 0 Å². The minimum absolute atomic E-state index is 0.161. The lowest BCUT2D eigenvalue weighted by molar-refractivity contribution is 0.510. The van der Waals surface area contributed by atoms with Crippen LogP contribution in [0.25, 0.3) is 0 Å². The molecule has 0 spiro atoms. The van der Waals surface area contributed by atoms with Crippen LogP contribution in [-0.4, -0.2) is 3.93 Å². The van der Waals surface area contributed by atoms with Gasteiger partial charge in [0.2, 0.25) is 0 Å². The van der Waals surface area contributed by atoms with Crippen molar-refractivity contribution < 1.29 is 0 Å². The van der Waals surface area contributed by atoms with Crippen molar-refractivity contribution in [2.75, 3.05) is 4.90 Å². The Morgan fingerprint density at radius 3 is 2.06 bits per heavy atom. The van der Waals surface area contributed by atoms with Gasteiger partial charge in [-0.25, -0.2) is 0 Å². The normalized spacial score (nSPS) is 18.4. The Labute approximate surface area is 115 Å². The van der Waals surface area contributed by atoms with Gasteiger partial charge in [0.05, 0.1) is 16.1 Å². The van der Waals surface area contributed by atoms with E-state index >= 15 is 0 Å². The third-order valence-electron chi connectivity index (χ3n) is 3.02. The van der Waals surface area contributed by atoms with E-state index in [9.17, 15) is 0 Å². The molecule has 0 fully saturated rings. The van der Waals surface area contributed by atoms with E-state index in [1.165, 1.54) is 11.3 Å². The van der Waals surface area contributed by atoms with Crippen LogP contribution < -0.4 is 4.90 Å². The molecule has 1 atom stereocenters. The molecule has 1 aliphatic rings. The monoisotopic (exact) mass is 300 g/mol. The number of para-hydroxylation sites is 1. The topological polar surface area (TPSA) is 6.48 Å². The maximum Gasteiger partial charge on any atom is 0.142 e. The quantitative estimate of drug-likeness (QED) is 0.764. The Morgan fingerprint density at radius 2 is 1.39 bits per heavy atom. The summed E-state index contributed by atoms with van der Waals surface area (Å²) >= 11 is 3.58. The Bertz CT molecular complexity index is 539. The van der Waals surface area contributed by atoms with Crippen LogP contribution in [-0.2, 0) is 0 Å². The van der Waals surface area contributed by atoms with Gasteiger partial charge >= 0.3 is 0 Å². The zero-order valence-corrected chi connectivity index (χ0v) is 11.4. The second-order valence-electron chi connectivity index (χ2n) is 4.17. The number of hydrogen-bond acceptors (Lipinski definition) is 2. The molecular weight excluding hydrogens is 288 g/mol. The minimum Gasteiger partial charge on any atom is -0.321 e. The molecular formula is C15H13BrN2. The molecule has 1 aliphatic heterocycles. The Morgan fingerprint density at radius 1 is 0.778 bits per heavy atom. The van der Waals surface area contributed by atoms with Gasteiger partial charge < -0.3 is 4.90 Å². The summed E-state index contributed by atoms with van der Waals surface area (Å²) in [6.45, 7) is 0. The van der Waals surface area contributed by atoms with Gasteiger partial charge in [0, 0.05) is 18.1 Å². The molecule has 2 aromatic rings. The molecule has 0 aliphatic carbocycles. The zero-order chi connectivity index (χ0) is 12.4. The maximum atomic E-state index is 3.58. The van der Waals surface area contributed by atoms with Crippen LogP contribution in [0.2, 0.25) is 0 Å². The fourth-order valence-electron chi connectivity index (χ4n) is 2.17. The Hall–Kier alpha value is -1.74. The van der Waals surface area contributed by atoms with Crippen molar-refractivity contribution in [3.63, 3.8) is 0 Å². The SMILES string of the molecule is BrN1C=CN(c2ccccc2)C1c1ccccc1. The lowest BCUT2D eigenvalue weighted by Gasteiger charge is -2.29. The van der Waals surface area contributed by atoms with E-state index in [0.717, 1.165) is 0 Å². The predicted octanol–water partition coefficient (Wildman–Crippen LogP) is 4.29. The summed E-state index contributed by atoms with van der Waals surface area (Å²) < 4.78 is 2.04. The van der Waals surface area contributed by atoms with Crippen molar-refractivity contribution >= 4 is 21.8 Å². The number of halogens is 1. The van der Waals surface area contributed by atoms with Gasteiger partial charge in [-0.05, 0) is 17.7 Å². The molecule has 90 valence electrons. The second kappa shape index (κ2) is 4.86. The molecule has 0 bridgehead atoms. The largest absolute Gasteiger partial charge is 0.321 e. The van der Waals surface area contributed by atoms with E-state index < -0.39 is 0 Å². The minimum atomic E-state index is 0.161. The summed E-state index contributed by atoms with van der Waals surface area (Å²) in [4.78, 5) is 2.24. The van der Waals surface area contributed by atoms with E-state index in [1.807, 2.05) is 22.3 Å². The summed E-state index contributed by atoms with van der Waals surface area (Å²) in [6.07, 6.45) is 4.28. The van der Waals surface area contributed by atoms with Crippen LogP contribution in [0.5, 0.6) is 0 Å². The zero-order valence-electron chi connectivity index (χ0n) is 9.78. The van der Waals surface area contributed by atoms with Crippen LogP contribution in [0.1, 0.15) is 11.7 Å². The molecule has 0 aromatic heterocycles. The number of benzene rings is 2. The first-order valence-corrected chi connectivity index (χ1v) is 6.58. The first kappa shape index (κ1) is 11.4. The van der Waals surface area contributed by atoms with Crippen LogP contribution >= 0.6 is 16.1 Å². The number of nitrogens with zero attached hydrogens (tertiary/aromatic N) is 2. The smallest absolute Gasteiger partial charge is 0.142 e. The summed E-state index contributed by atoms with van der Waals surface area (Å²) in [5.41, 5.74) is 2.44. The van der Waals surface area contributed by atoms with E-state index in [2.05, 4.69) is 75.8 Å². The van der Waals surface area contributed by atoms with Crippen LogP contribution in [0.15, 0.2) is 73.1 Å². The van der Waals surface area contributed by atoms with Crippen LogP contribution in [0.3, 0.4) is 0 Å². The highest BCUT2D eigenvalue weighted by molar-refractivity contribution is 9.07. The van der Waals surface area contributed by atoms with Gasteiger partial charge in [-0.1, -0.05) is 48.5 Å². The summed E-state index contributed by atoms with van der Waals surface area (Å²) in [7, 11) is 0. The van der Waals surface area contributed by atoms with Crippen molar-refractivity contribution in [2.45, 2.75) is 6.17 Å². The standard InChI is InChI=1S/C15H13BrN2/c16-18-12-11-17(14-9-5-2-6-10-14)15(18)13-7-3-1-4-8-13/h1-12,15H. The highest BCUT2D eigenvalue weighted by Gasteiger charge is 2.27.